The molecule has 4 aliphatic rings. The Labute approximate surface area is 442 Å². The molecule has 21 heteroatoms. The molecule has 0 radical (unpaired) electrons. The van der Waals surface area contributed by atoms with Crippen molar-refractivity contribution in [3.8, 4) is 16.5 Å². The number of aliphatic imine (C=N–C) groups is 1. The monoisotopic (exact) mass is 1060 g/mol. The number of nitrogens with zero attached hydrogens (tertiary/aromatic N) is 8. The van der Waals surface area contributed by atoms with Crippen LogP contribution in [-0.2, 0) is 21.4 Å². The van der Waals surface area contributed by atoms with Crippen molar-refractivity contribution >= 4 is 86.3 Å². The first-order valence-corrected chi connectivity index (χ1v) is 26.7. The van der Waals surface area contributed by atoms with E-state index in [1.165, 1.54) is 23.6 Å². The van der Waals surface area contributed by atoms with Crippen LogP contribution in [0.5, 0.6) is 11.5 Å². The van der Waals surface area contributed by atoms with Crippen LogP contribution in [-0.4, -0.2) is 98.7 Å². The molecular formula is C53H60Cl2N12O6S. The number of benzene rings is 2. The van der Waals surface area contributed by atoms with Crippen molar-refractivity contribution in [1.82, 2.24) is 45.2 Å². The molecule has 2 atom stereocenters. The van der Waals surface area contributed by atoms with E-state index in [4.69, 9.17) is 42.7 Å². The fourth-order valence-electron chi connectivity index (χ4n) is 11.3. The van der Waals surface area contributed by atoms with Gasteiger partial charge in [0.25, 0.3) is 11.5 Å². The molecule has 2 aliphatic carbocycles. The molecule has 1 unspecified atom stereocenters. The molecule has 4 N–H and O–H groups in total. The van der Waals surface area contributed by atoms with Crippen LogP contribution >= 0.6 is 34.5 Å². The number of aromatic nitrogens is 6. The number of nitrogens with one attached hydrogen (secondary N) is 4. The maximum Gasteiger partial charge on any atom is 0.293 e. The number of thiophene rings is 1. The fourth-order valence-corrected chi connectivity index (χ4v) is 12.7. The maximum absolute atomic E-state index is 13.9. The van der Waals surface area contributed by atoms with Gasteiger partial charge in [0.1, 0.15) is 27.6 Å². The molecule has 2 saturated carbocycles. The minimum Gasteiger partial charge on any atom is -0.494 e. The van der Waals surface area contributed by atoms with Crippen LogP contribution in [0.25, 0.3) is 15.9 Å². The molecule has 2 aliphatic heterocycles. The number of halogens is 2. The Morgan fingerprint density at radius 1 is 0.905 bits per heavy atom. The standard InChI is InChI=1S/C53H60Cl2N12O6S/c1-28-29(2)74-51-44(28)45(31-7-9-34(54)10-8-31)61-39(48-64-63-30(3)67(48)51)24-42(68)58-35-11-16-53(17-12-35)18-13-36(25-53)60-49(70)32-14-19-66(20-15-32)52-57-26-38(55)47(62-52)59-37-21-33-22-41(73-27-43(69)56-4)50(71)65(5)46(33)40(23-37)72-6/h7-10,21-23,26,32,35-36,39H,11-20,24-25,27H2,1-6H3,(H,56,69)(H,58,68)(H,60,70)(H,57,59,62)/t35?,36?,39-,53?/m0/s1. The van der Waals surface area contributed by atoms with E-state index in [0.717, 1.165) is 78.2 Å². The number of methoxy groups -OCH3 is 1. The van der Waals surface area contributed by atoms with E-state index < -0.39 is 11.6 Å². The smallest absolute Gasteiger partial charge is 0.293 e. The third kappa shape index (κ3) is 10.2. The van der Waals surface area contributed by atoms with E-state index in [0.29, 0.717) is 75.9 Å². The van der Waals surface area contributed by atoms with Crippen LogP contribution in [0.15, 0.2) is 58.4 Å². The quantitative estimate of drug-likeness (QED) is 0.0867. The normalized spacial score (nSPS) is 20.6. The van der Waals surface area contributed by atoms with E-state index in [9.17, 15) is 19.2 Å². The van der Waals surface area contributed by atoms with Crippen LogP contribution in [0, 0.1) is 32.1 Å². The molecule has 1 saturated heterocycles. The molecule has 2 aromatic carbocycles. The van der Waals surface area contributed by atoms with Crippen LogP contribution in [0.1, 0.15) is 103 Å². The second-order valence-electron chi connectivity index (χ2n) is 20.1. The number of amides is 3. The molecule has 6 aromatic rings. The minimum absolute atomic E-state index is 0.0194. The Morgan fingerprint density at radius 3 is 2.35 bits per heavy atom. The number of piperidine rings is 1. The third-order valence-corrected chi connectivity index (χ3v) is 17.2. The average molecular weight is 1060 g/mol. The van der Waals surface area contributed by atoms with E-state index in [1.807, 2.05) is 37.3 Å². The van der Waals surface area contributed by atoms with Crippen LogP contribution in [0.3, 0.4) is 0 Å². The summed E-state index contributed by atoms with van der Waals surface area (Å²) in [4.78, 5) is 70.5. The lowest BCUT2D eigenvalue weighted by atomic mass is 9.71. The molecule has 74 heavy (non-hydrogen) atoms. The molecule has 1 spiro atoms. The van der Waals surface area contributed by atoms with Crippen molar-refractivity contribution in [1.29, 1.82) is 0 Å². The van der Waals surface area contributed by atoms with Gasteiger partial charge in [0.05, 0.1) is 31.0 Å². The molecule has 0 bridgehead atoms. The van der Waals surface area contributed by atoms with Gasteiger partial charge in [-0.1, -0.05) is 35.3 Å². The Balaban J connectivity index is 0.720. The van der Waals surface area contributed by atoms with Crippen molar-refractivity contribution in [3.05, 3.63) is 102 Å². The highest BCUT2D eigenvalue weighted by molar-refractivity contribution is 7.15. The summed E-state index contributed by atoms with van der Waals surface area (Å²) in [5.41, 5.74) is 4.82. The highest BCUT2D eigenvalue weighted by atomic mass is 35.5. The highest BCUT2D eigenvalue weighted by Crippen LogP contribution is 2.49. The zero-order chi connectivity index (χ0) is 52.0. The van der Waals surface area contributed by atoms with Crippen molar-refractivity contribution in [2.45, 2.75) is 103 Å². The van der Waals surface area contributed by atoms with Crippen molar-refractivity contribution in [2.75, 3.05) is 44.1 Å². The van der Waals surface area contributed by atoms with Gasteiger partial charge >= 0.3 is 0 Å². The Kier molecular flexibility index (Phi) is 14.4. The topological polar surface area (TPSA) is 212 Å². The summed E-state index contributed by atoms with van der Waals surface area (Å²) in [5, 5.41) is 24.2. The van der Waals surface area contributed by atoms with Gasteiger partial charge in [-0.05, 0) is 114 Å². The zero-order valence-electron chi connectivity index (χ0n) is 42.3. The molecule has 10 rings (SSSR count). The summed E-state index contributed by atoms with van der Waals surface area (Å²) in [6, 6.07) is 12.5. The number of carbonyl (C=O) groups is 3. The number of rotatable bonds is 13. The highest BCUT2D eigenvalue weighted by Gasteiger charge is 2.43. The van der Waals surface area contributed by atoms with Crippen molar-refractivity contribution < 1.29 is 23.9 Å². The maximum atomic E-state index is 13.9. The molecule has 3 fully saturated rings. The number of hydrogen-bond acceptors (Lipinski definition) is 14. The van der Waals surface area contributed by atoms with E-state index in [1.54, 1.807) is 36.7 Å². The first-order valence-electron chi connectivity index (χ1n) is 25.2. The number of likely N-dealkylation sites (N-methyl/N-ethyl adjacent to an activating group) is 1. The van der Waals surface area contributed by atoms with Gasteiger partial charge in [-0.2, -0.15) is 4.98 Å². The van der Waals surface area contributed by atoms with E-state index in [-0.39, 0.29) is 59.9 Å². The van der Waals surface area contributed by atoms with Crippen LogP contribution in [0.2, 0.25) is 10.0 Å². The lowest BCUT2D eigenvalue weighted by Gasteiger charge is -2.38. The second-order valence-corrected chi connectivity index (χ2v) is 22.1. The largest absolute Gasteiger partial charge is 0.494 e. The number of hydrogen-bond donors (Lipinski definition) is 4. The summed E-state index contributed by atoms with van der Waals surface area (Å²) in [6.07, 6.45) is 9.75. The van der Waals surface area contributed by atoms with Gasteiger partial charge in [-0.3, -0.25) is 28.7 Å². The molecule has 3 amide bonds. The van der Waals surface area contributed by atoms with Gasteiger partial charge in [0.2, 0.25) is 17.8 Å². The predicted octanol–water partition coefficient (Wildman–Crippen LogP) is 7.99. The summed E-state index contributed by atoms with van der Waals surface area (Å²) >= 11 is 14.6. The van der Waals surface area contributed by atoms with Gasteiger partial charge < -0.3 is 40.2 Å². The lowest BCUT2D eigenvalue weighted by molar-refractivity contribution is -0.126. The number of ether oxygens (including phenoxy) is 2. The SMILES string of the molecule is CNC(=O)COc1cc2cc(Nc3nc(N4CCC(C(=O)NC5CCC6(CCC(NC(=O)C[C@@H]7N=C(c8ccc(Cl)cc8)c8c(sc(C)c8C)-n8c(C)nnc87)CC6)C5)CC4)ncc3Cl)cc(OC)c2n(C)c1=O. The van der Waals surface area contributed by atoms with Crippen molar-refractivity contribution in [2.24, 2.45) is 23.4 Å². The summed E-state index contributed by atoms with van der Waals surface area (Å²) < 4.78 is 14.7. The number of fused-ring (bicyclic) bond motifs is 4. The molecule has 388 valence electrons. The van der Waals surface area contributed by atoms with Gasteiger partial charge in [-0.25, -0.2) is 4.98 Å². The first kappa shape index (κ1) is 50.9. The van der Waals surface area contributed by atoms with Crippen molar-refractivity contribution in [3.63, 3.8) is 0 Å². The molecule has 6 heterocycles. The number of carbonyl (C=O) groups excluding carboxylic acids is 3. The second kappa shape index (κ2) is 21.0. The Hall–Kier alpha value is -6.57. The average Bonchev–Trinajstić information content (AvgIpc) is 4.04. The van der Waals surface area contributed by atoms with Gasteiger partial charge in [0, 0.05) is 83.4 Å². The van der Waals surface area contributed by atoms with Crippen LogP contribution < -0.4 is 41.2 Å². The fraction of sp³-hybridized carbons (Fsp3) is 0.453. The molecule has 18 nitrogen and oxygen atoms in total. The minimum atomic E-state index is -0.529. The summed E-state index contributed by atoms with van der Waals surface area (Å²) in [7, 11) is 4.62. The van der Waals surface area contributed by atoms with Gasteiger partial charge in [0.15, 0.2) is 24.0 Å². The number of aryl methyl sites for hydroxylation is 3. The third-order valence-electron chi connectivity index (χ3n) is 15.4. The van der Waals surface area contributed by atoms with E-state index in [2.05, 4.69) is 59.8 Å². The summed E-state index contributed by atoms with van der Waals surface area (Å²) in [5.74, 6) is 2.30. The Bertz CT molecular complexity index is 3250. The summed E-state index contributed by atoms with van der Waals surface area (Å²) in [6.45, 7) is 7.07. The molecular weight excluding hydrogens is 1000 g/mol. The first-order chi connectivity index (χ1) is 35.6. The van der Waals surface area contributed by atoms with Gasteiger partial charge in [-0.15, -0.1) is 21.5 Å². The van der Waals surface area contributed by atoms with E-state index >= 15 is 0 Å². The Morgan fingerprint density at radius 2 is 1.64 bits per heavy atom. The predicted molar refractivity (Wildman–Crippen MR) is 287 cm³/mol. The zero-order valence-corrected chi connectivity index (χ0v) is 44.6. The van der Waals surface area contributed by atoms with Crippen LogP contribution in [0.4, 0.5) is 17.5 Å². The molecule has 4 aromatic heterocycles. The lowest BCUT2D eigenvalue weighted by Crippen LogP contribution is -2.44. The number of pyridine rings is 1. The number of anilines is 3.